The standard InChI is InChI=1S/C25H36N2O4S2/c1-30-23-7-3-20(4-8-23)18-32-15-12-22(28)11-13-26-17-25(29)27-14-16-33-19-21-5-9-24(31-2)10-6-21/h3-10,22,26,28H,11-19H2,1-2H3,(H,27,29). The predicted octanol–water partition coefficient (Wildman–Crippen LogP) is 3.72. The Morgan fingerprint density at radius 3 is 1.94 bits per heavy atom. The van der Waals surface area contributed by atoms with Gasteiger partial charge in [0.1, 0.15) is 11.5 Å². The summed E-state index contributed by atoms with van der Waals surface area (Å²) in [5.74, 6) is 5.32. The van der Waals surface area contributed by atoms with Crippen LogP contribution in [0.4, 0.5) is 0 Å². The van der Waals surface area contributed by atoms with Gasteiger partial charge in [0, 0.05) is 23.8 Å². The highest BCUT2D eigenvalue weighted by molar-refractivity contribution is 7.98. The molecule has 2 aromatic rings. The van der Waals surface area contributed by atoms with E-state index in [4.69, 9.17) is 9.47 Å². The van der Waals surface area contributed by atoms with Crippen LogP contribution in [0, 0.1) is 0 Å². The number of amides is 1. The van der Waals surface area contributed by atoms with E-state index in [0.717, 1.165) is 40.9 Å². The highest BCUT2D eigenvalue weighted by Gasteiger charge is 2.06. The zero-order valence-electron chi connectivity index (χ0n) is 19.5. The maximum Gasteiger partial charge on any atom is 0.233 e. The van der Waals surface area contributed by atoms with Crippen molar-refractivity contribution in [2.45, 2.75) is 30.5 Å². The summed E-state index contributed by atoms with van der Waals surface area (Å²) >= 11 is 3.60. The van der Waals surface area contributed by atoms with Gasteiger partial charge in [-0.05, 0) is 60.5 Å². The van der Waals surface area contributed by atoms with E-state index in [2.05, 4.69) is 34.9 Å². The van der Waals surface area contributed by atoms with Gasteiger partial charge in [-0.3, -0.25) is 4.79 Å². The summed E-state index contributed by atoms with van der Waals surface area (Å²) in [7, 11) is 3.33. The third-order valence-corrected chi connectivity index (χ3v) is 7.05. The van der Waals surface area contributed by atoms with E-state index in [1.165, 1.54) is 11.1 Å². The molecule has 0 radical (unpaired) electrons. The van der Waals surface area contributed by atoms with Crippen molar-refractivity contribution in [2.24, 2.45) is 0 Å². The molecule has 2 aromatic carbocycles. The molecule has 182 valence electrons. The van der Waals surface area contributed by atoms with Gasteiger partial charge >= 0.3 is 0 Å². The first-order chi connectivity index (χ1) is 16.1. The van der Waals surface area contributed by atoms with Crippen LogP contribution < -0.4 is 20.1 Å². The minimum Gasteiger partial charge on any atom is -0.497 e. The number of carbonyl (C=O) groups excluding carboxylic acids is 1. The number of aliphatic hydroxyl groups excluding tert-OH is 1. The summed E-state index contributed by atoms with van der Waals surface area (Å²) in [6, 6.07) is 16.1. The van der Waals surface area contributed by atoms with E-state index in [1.807, 2.05) is 36.0 Å². The van der Waals surface area contributed by atoms with E-state index in [0.29, 0.717) is 19.5 Å². The highest BCUT2D eigenvalue weighted by Crippen LogP contribution is 2.18. The number of ether oxygens (including phenoxy) is 2. The van der Waals surface area contributed by atoms with Crippen molar-refractivity contribution in [3.05, 3.63) is 59.7 Å². The molecule has 3 N–H and O–H groups in total. The Balaban J connectivity index is 1.41. The Labute approximate surface area is 206 Å². The van der Waals surface area contributed by atoms with Gasteiger partial charge in [-0.2, -0.15) is 23.5 Å². The molecule has 0 bridgehead atoms. The molecule has 0 aliphatic heterocycles. The van der Waals surface area contributed by atoms with Gasteiger partial charge in [0.25, 0.3) is 0 Å². The van der Waals surface area contributed by atoms with Crippen molar-refractivity contribution in [1.82, 2.24) is 10.6 Å². The number of benzene rings is 2. The molecule has 8 heteroatoms. The predicted molar refractivity (Wildman–Crippen MR) is 139 cm³/mol. The van der Waals surface area contributed by atoms with Gasteiger partial charge in [-0.15, -0.1) is 0 Å². The monoisotopic (exact) mass is 492 g/mol. The number of nitrogens with one attached hydrogen (secondary N) is 2. The summed E-state index contributed by atoms with van der Waals surface area (Å²) in [6.45, 7) is 1.56. The number of thioether (sulfide) groups is 2. The number of rotatable bonds is 17. The lowest BCUT2D eigenvalue weighted by Crippen LogP contribution is -2.36. The molecular weight excluding hydrogens is 456 g/mol. The molecule has 33 heavy (non-hydrogen) atoms. The summed E-state index contributed by atoms with van der Waals surface area (Å²) < 4.78 is 10.3. The van der Waals surface area contributed by atoms with Crippen LogP contribution in [0.25, 0.3) is 0 Å². The zero-order valence-corrected chi connectivity index (χ0v) is 21.2. The fraction of sp³-hybridized carbons (Fsp3) is 0.480. The second-order valence-electron chi connectivity index (χ2n) is 7.56. The molecule has 0 heterocycles. The minimum atomic E-state index is -0.349. The van der Waals surface area contributed by atoms with E-state index < -0.39 is 0 Å². The molecule has 0 aliphatic rings. The molecule has 1 atom stereocenters. The summed E-state index contributed by atoms with van der Waals surface area (Å²) in [5.41, 5.74) is 2.49. The average molecular weight is 493 g/mol. The van der Waals surface area contributed by atoms with Crippen molar-refractivity contribution in [2.75, 3.05) is 45.4 Å². The molecule has 0 saturated carbocycles. The third-order valence-electron chi connectivity index (χ3n) is 4.96. The number of hydrogen-bond acceptors (Lipinski definition) is 7. The first-order valence-electron chi connectivity index (χ1n) is 11.2. The van der Waals surface area contributed by atoms with Gasteiger partial charge in [-0.25, -0.2) is 0 Å². The van der Waals surface area contributed by atoms with Crippen LogP contribution in [0.5, 0.6) is 11.5 Å². The molecular formula is C25H36N2O4S2. The van der Waals surface area contributed by atoms with Crippen LogP contribution in [0.2, 0.25) is 0 Å². The molecule has 0 saturated heterocycles. The van der Waals surface area contributed by atoms with Crippen molar-refractivity contribution in [3.8, 4) is 11.5 Å². The zero-order chi connectivity index (χ0) is 23.7. The van der Waals surface area contributed by atoms with Crippen LogP contribution in [0.3, 0.4) is 0 Å². The van der Waals surface area contributed by atoms with Crippen molar-refractivity contribution in [1.29, 1.82) is 0 Å². The number of carbonyl (C=O) groups is 1. The minimum absolute atomic E-state index is 0.00964. The van der Waals surface area contributed by atoms with E-state index >= 15 is 0 Å². The van der Waals surface area contributed by atoms with Gasteiger partial charge < -0.3 is 25.2 Å². The fourth-order valence-electron chi connectivity index (χ4n) is 2.98. The van der Waals surface area contributed by atoms with Crippen molar-refractivity contribution in [3.63, 3.8) is 0 Å². The Hall–Kier alpha value is -1.87. The van der Waals surface area contributed by atoms with Crippen LogP contribution in [0.1, 0.15) is 24.0 Å². The second kappa shape index (κ2) is 16.7. The topological polar surface area (TPSA) is 79.8 Å². The lowest BCUT2D eigenvalue weighted by Gasteiger charge is -2.11. The number of methoxy groups -OCH3 is 2. The van der Waals surface area contributed by atoms with Crippen LogP contribution >= 0.6 is 23.5 Å². The SMILES string of the molecule is COc1ccc(CSCCNC(=O)CNCCC(O)CCSCc2ccc(OC)cc2)cc1. The van der Waals surface area contributed by atoms with Crippen molar-refractivity contribution >= 4 is 29.4 Å². The molecule has 0 aromatic heterocycles. The smallest absolute Gasteiger partial charge is 0.233 e. The normalized spacial score (nSPS) is 11.7. The third kappa shape index (κ3) is 12.2. The highest BCUT2D eigenvalue weighted by atomic mass is 32.2. The molecule has 1 unspecified atom stereocenters. The molecule has 0 aliphatic carbocycles. The maximum absolute atomic E-state index is 11.9. The van der Waals surface area contributed by atoms with Gasteiger partial charge in [0.15, 0.2) is 0 Å². The van der Waals surface area contributed by atoms with Gasteiger partial charge in [0.05, 0.1) is 26.9 Å². The van der Waals surface area contributed by atoms with Gasteiger partial charge in [0.2, 0.25) is 5.91 Å². The Morgan fingerprint density at radius 2 is 1.39 bits per heavy atom. The lowest BCUT2D eigenvalue weighted by molar-refractivity contribution is -0.120. The first-order valence-corrected chi connectivity index (χ1v) is 13.5. The molecule has 1 amide bonds. The molecule has 6 nitrogen and oxygen atoms in total. The molecule has 0 spiro atoms. The first kappa shape index (κ1) is 27.4. The fourth-order valence-corrected chi connectivity index (χ4v) is 4.81. The van der Waals surface area contributed by atoms with Crippen LogP contribution in [0.15, 0.2) is 48.5 Å². The Morgan fingerprint density at radius 1 is 0.848 bits per heavy atom. The van der Waals surface area contributed by atoms with Gasteiger partial charge in [-0.1, -0.05) is 24.3 Å². The second-order valence-corrected chi connectivity index (χ2v) is 9.77. The lowest BCUT2D eigenvalue weighted by atomic mass is 10.2. The largest absolute Gasteiger partial charge is 0.497 e. The molecule has 0 fully saturated rings. The van der Waals surface area contributed by atoms with Crippen LogP contribution in [-0.4, -0.2) is 62.5 Å². The Bertz CT molecular complexity index is 788. The summed E-state index contributed by atoms with van der Waals surface area (Å²) in [6.07, 6.45) is 1.05. The quantitative estimate of drug-likeness (QED) is 0.291. The van der Waals surface area contributed by atoms with E-state index in [-0.39, 0.29) is 18.6 Å². The summed E-state index contributed by atoms with van der Waals surface area (Å²) in [5, 5.41) is 16.2. The Kier molecular flexibility index (Phi) is 13.9. The number of hydrogen-bond donors (Lipinski definition) is 3. The summed E-state index contributed by atoms with van der Waals surface area (Å²) in [4.78, 5) is 11.9. The average Bonchev–Trinajstić information content (AvgIpc) is 2.85. The maximum atomic E-state index is 11.9. The van der Waals surface area contributed by atoms with E-state index in [1.54, 1.807) is 26.0 Å². The number of aliphatic hydroxyl groups is 1. The molecule has 2 rings (SSSR count). The van der Waals surface area contributed by atoms with Crippen molar-refractivity contribution < 1.29 is 19.4 Å². The van der Waals surface area contributed by atoms with Crippen LogP contribution in [-0.2, 0) is 16.3 Å². The van der Waals surface area contributed by atoms with E-state index in [9.17, 15) is 9.90 Å².